The Labute approximate surface area is 213 Å². The fourth-order valence-electron chi connectivity index (χ4n) is 4.03. The molecule has 0 aromatic carbocycles. The van der Waals surface area contributed by atoms with Crippen molar-refractivity contribution in [1.29, 1.82) is 0 Å². The number of ether oxygens (including phenoxy) is 2. The van der Waals surface area contributed by atoms with E-state index >= 15 is 0 Å². The molecule has 2 atom stereocenters. The maximum absolute atomic E-state index is 14.7. The lowest BCUT2D eigenvalue weighted by Crippen LogP contribution is -2.42. The molecular weight excluding hydrogens is 514 g/mol. The molecule has 15 heteroatoms. The molecule has 3 aromatic heterocycles. The molecule has 0 saturated carbocycles. The summed E-state index contributed by atoms with van der Waals surface area (Å²) >= 11 is 0. The van der Waals surface area contributed by atoms with Gasteiger partial charge in [-0.05, 0) is 32.9 Å². The lowest BCUT2D eigenvalue weighted by molar-refractivity contribution is -0.136. The molecule has 0 spiro atoms. The topological polar surface area (TPSA) is 137 Å². The summed E-state index contributed by atoms with van der Waals surface area (Å²) in [6, 6.07) is 0.996. The van der Waals surface area contributed by atoms with E-state index in [0.29, 0.717) is 0 Å². The number of nitrogens with two attached hydrogens (primary N) is 1. The zero-order valence-corrected chi connectivity index (χ0v) is 20.8. The summed E-state index contributed by atoms with van der Waals surface area (Å²) in [5.74, 6) is -1.33. The average Bonchev–Trinajstić information content (AvgIpc) is 3.39. The number of hydrogen-bond donors (Lipinski definition) is 2. The summed E-state index contributed by atoms with van der Waals surface area (Å²) in [4.78, 5) is 34.3. The molecule has 0 radical (unpaired) electrons. The van der Waals surface area contributed by atoms with Gasteiger partial charge in [-0.15, -0.1) is 0 Å². The minimum atomic E-state index is -4.76. The van der Waals surface area contributed by atoms with E-state index in [-0.39, 0.29) is 41.6 Å². The molecule has 0 unspecified atom stereocenters. The Morgan fingerprint density at radius 3 is 2.50 bits per heavy atom. The van der Waals surface area contributed by atoms with Gasteiger partial charge in [-0.25, -0.2) is 23.7 Å². The number of alkyl halides is 4. The number of amides is 2. The minimum Gasteiger partial charge on any atom is -0.480 e. The quantitative estimate of drug-likeness (QED) is 0.483. The molecule has 11 nitrogen and oxygen atoms in total. The Bertz CT molecular complexity index is 1390. The molecule has 3 N–H and O–H groups in total. The number of nitrogens with zero attached hydrogens (tertiary/aromatic N) is 5. The van der Waals surface area contributed by atoms with Crippen LogP contribution >= 0.6 is 0 Å². The third-order valence-electron chi connectivity index (χ3n) is 5.69. The molecule has 38 heavy (non-hydrogen) atoms. The number of rotatable bonds is 4. The second-order valence-corrected chi connectivity index (χ2v) is 9.61. The van der Waals surface area contributed by atoms with Gasteiger partial charge in [0, 0.05) is 18.3 Å². The van der Waals surface area contributed by atoms with Crippen molar-refractivity contribution < 1.29 is 36.6 Å². The molecule has 2 amide bonds. The van der Waals surface area contributed by atoms with Crippen molar-refractivity contribution in [2.75, 3.05) is 25.9 Å². The Hall–Kier alpha value is -4.17. The first-order valence-electron chi connectivity index (χ1n) is 11.4. The number of pyridine rings is 1. The monoisotopic (exact) mass is 539 g/mol. The summed E-state index contributed by atoms with van der Waals surface area (Å²) in [5, 5.41) is 6.39. The van der Waals surface area contributed by atoms with Gasteiger partial charge in [-0.1, -0.05) is 0 Å². The van der Waals surface area contributed by atoms with E-state index in [9.17, 15) is 27.2 Å². The van der Waals surface area contributed by atoms with Gasteiger partial charge in [0.05, 0.1) is 31.0 Å². The molecule has 4 heterocycles. The zero-order chi connectivity index (χ0) is 28.0. The van der Waals surface area contributed by atoms with Crippen molar-refractivity contribution in [1.82, 2.24) is 29.8 Å². The van der Waals surface area contributed by atoms with Gasteiger partial charge in [-0.3, -0.25) is 4.79 Å². The summed E-state index contributed by atoms with van der Waals surface area (Å²) in [5.41, 5.74) is 3.24. The highest BCUT2D eigenvalue weighted by Crippen LogP contribution is 2.39. The number of halogens is 4. The van der Waals surface area contributed by atoms with E-state index in [1.54, 1.807) is 20.8 Å². The number of hydrogen-bond acceptors (Lipinski definition) is 8. The number of carbonyl (C=O) groups excluding carboxylic acids is 2. The van der Waals surface area contributed by atoms with Gasteiger partial charge >= 0.3 is 12.3 Å². The van der Waals surface area contributed by atoms with Gasteiger partial charge in [0.1, 0.15) is 29.2 Å². The number of fused-ring (bicyclic) bond motifs is 1. The first-order chi connectivity index (χ1) is 17.7. The zero-order valence-electron chi connectivity index (χ0n) is 20.8. The number of likely N-dealkylation sites (tertiary alicyclic amines) is 1. The van der Waals surface area contributed by atoms with E-state index < -0.39 is 47.1 Å². The molecular formula is C23H25F4N7O4. The molecule has 1 aliphatic rings. The lowest BCUT2D eigenvalue weighted by atomic mass is 10.1. The lowest BCUT2D eigenvalue weighted by Gasteiger charge is -2.24. The molecule has 4 rings (SSSR count). The predicted molar refractivity (Wildman–Crippen MR) is 126 cm³/mol. The van der Waals surface area contributed by atoms with Crippen LogP contribution in [0.4, 0.5) is 28.2 Å². The third kappa shape index (κ3) is 5.26. The van der Waals surface area contributed by atoms with Crippen molar-refractivity contribution >= 4 is 23.3 Å². The maximum atomic E-state index is 14.7. The Balaban J connectivity index is 1.65. The number of anilines is 1. The average molecular weight is 539 g/mol. The first-order valence-corrected chi connectivity index (χ1v) is 11.4. The van der Waals surface area contributed by atoms with Gasteiger partial charge < -0.3 is 25.4 Å². The number of nitrogen functional groups attached to an aromatic ring is 1. The number of methoxy groups -OCH3 is 1. The normalized spacial score (nSPS) is 18.1. The summed E-state index contributed by atoms with van der Waals surface area (Å²) in [6.45, 7) is 4.58. The standard InChI is InChI=1S/C23H25F4N7O4/c1-22(2,3)38-21(36)33-8-14(24)15(9-33)32-19(35)12-5-11(7-29-20(12)37-4)16-6-13(23(25,26)27)17-18(28)30-10-31-34(16)17/h5-7,10,14-15H,8-9H2,1-4H3,(H,32,35)(H2,28,30,31)/t14-,15+/m0/s1. The molecule has 0 bridgehead atoms. The Kier molecular flexibility index (Phi) is 6.80. The third-order valence-corrected chi connectivity index (χ3v) is 5.69. The van der Waals surface area contributed by atoms with Crippen LogP contribution in [0.15, 0.2) is 24.7 Å². The molecule has 204 valence electrons. The van der Waals surface area contributed by atoms with Crippen molar-refractivity contribution in [3.8, 4) is 17.1 Å². The molecule has 1 fully saturated rings. The van der Waals surface area contributed by atoms with Crippen LogP contribution in [0, 0.1) is 0 Å². The van der Waals surface area contributed by atoms with E-state index in [1.807, 2.05) is 0 Å². The maximum Gasteiger partial charge on any atom is 0.418 e. The van der Waals surface area contributed by atoms with E-state index in [2.05, 4.69) is 20.4 Å². The highest BCUT2D eigenvalue weighted by Gasteiger charge is 2.39. The van der Waals surface area contributed by atoms with Crippen molar-refractivity contribution in [3.05, 3.63) is 35.8 Å². The van der Waals surface area contributed by atoms with Crippen molar-refractivity contribution in [2.24, 2.45) is 0 Å². The minimum absolute atomic E-state index is 0.0639. The van der Waals surface area contributed by atoms with Crippen LogP contribution in [0.5, 0.6) is 5.88 Å². The molecule has 0 aliphatic carbocycles. The van der Waals surface area contributed by atoms with Crippen LogP contribution in [-0.4, -0.2) is 74.5 Å². The van der Waals surface area contributed by atoms with Crippen molar-refractivity contribution in [3.63, 3.8) is 0 Å². The van der Waals surface area contributed by atoms with E-state index in [1.165, 1.54) is 19.4 Å². The van der Waals surface area contributed by atoms with Crippen LogP contribution in [0.1, 0.15) is 36.7 Å². The summed E-state index contributed by atoms with van der Waals surface area (Å²) in [7, 11) is 1.25. The molecule has 1 aliphatic heterocycles. The number of carbonyl (C=O) groups is 2. The van der Waals surface area contributed by atoms with Crippen molar-refractivity contribution in [2.45, 2.75) is 44.8 Å². The van der Waals surface area contributed by atoms with Gasteiger partial charge in [0.15, 0.2) is 5.82 Å². The van der Waals surface area contributed by atoms with Gasteiger partial charge in [0.25, 0.3) is 5.91 Å². The van der Waals surface area contributed by atoms with E-state index in [4.69, 9.17) is 15.2 Å². The fourth-order valence-corrected chi connectivity index (χ4v) is 4.03. The van der Waals surface area contributed by atoms with Gasteiger partial charge in [0.2, 0.25) is 5.88 Å². The number of nitrogens with one attached hydrogen (secondary N) is 1. The van der Waals surface area contributed by atoms with Crippen LogP contribution in [-0.2, 0) is 10.9 Å². The van der Waals surface area contributed by atoms with Crippen LogP contribution < -0.4 is 15.8 Å². The summed E-state index contributed by atoms with van der Waals surface area (Å²) < 4.78 is 67.2. The SMILES string of the molecule is COc1ncc(-c2cc(C(F)(F)F)c3c(N)ncnn23)cc1C(=O)N[C@@H]1CN(C(=O)OC(C)(C)C)C[C@@H]1F. The van der Waals surface area contributed by atoms with E-state index in [0.717, 1.165) is 21.8 Å². The Morgan fingerprint density at radius 2 is 1.87 bits per heavy atom. The Morgan fingerprint density at radius 1 is 1.16 bits per heavy atom. The fraction of sp³-hybridized carbons (Fsp3) is 0.435. The highest BCUT2D eigenvalue weighted by atomic mass is 19.4. The van der Waals surface area contributed by atoms with Gasteiger partial charge in [-0.2, -0.15) is 18.3 Å². The highest BCUT2D eigenvalue weighted by molar-refractivity contribution is 5.98. The second-order valence-electron chi connectivity index (χ2n) is 9.61. The largest absolute Gasteiger partial charge is 0.480 e. The summed E-state index contributed by atoms with van der Waals surface area (Å²) in [6.07, 6.45) is -4.87. The smallest absolute Gasteiger partial charge is 0.418 e. The van der Waals surface area contributed by atoms with Crippen LogP contribution in [0.2, 0.25) is 0 Å². The second kappa shape index (κ2) is 9.61. The molecule has 3 aromatic rings. The predicted octanol–water partition coefficient (Wildman–Crippen LogP) is 3.09. The van der Waals surface area contributed by atoms with Crippen LogP contribution in [0.25, 0.3) is 16.8 Å². The number of aromatic nitrogens is 4. The molecule has 1 saturated heterocycles. The first kappa shape index (κ1) is 26.9. The van der Waals surface area contributed by atoms with Crippen LogP contribution in [0.3, 0.4) is 0 Å².